The molecule has 0 amide bonds. The van der Waals surface area contributed by atoms with Crippen LogP contribution < -0.4 is 4.90 Å². The molecule has 1 aliphatic heterocycles. The van der Waals surface area contributed by atoms with Gasteiger partial charge >= 0.3 is 0 Å². The van der Waals surface area contributed by atoms with Crippen LogP contribution in [0.25, 0.3) is 0 Å². The van der Waals surface area contributed by atoms with Gasteiger partial charge in [0, 0.05) is 48.6 Å². The summed E-state index contributed by atoms with van der Waals surface area (Å²) in [6.07, 6.45) is 0.0620. The summed E-state index contributed by atoms with van der Waals surface area (Å²) in [6, 6.07) is 8.59. The average molecular weight is 376 g/mol. The quantitative estimate of drug-likeness (QED) is 0.758. The van der Waals surface area contributed by atoms with Crippen molar-refractivity contribution in [3.8, 4) is 0 Å². The van der Waals surface area contributed by atoms with E-state index >= 15 is 0 Å². The molecule has 19 heavy (non-hydrogen) atoms. The summed E-state index contributed by atoms with van der Waals surface area (Å²) < 4.78 is 1.26. The van der Waals surface area contributed by atoms with Gasteiger partial charge in [0.05, 0.1) is 6.10 Å². The lowest BCUT2D eigenvalue weighted by Crippen LogP contribution is -2.48. The SMILES string of the molecule is OCCC(O)CN1CCN(c2ccc(I)cc2)CC1. The van der Waals surface area contributed by atoms with Crippen LogP contribution in [-0.4, -0.2) is 60.5 Å². The van der Waals surface area contributed by atoms with Gasteiger partial charge in [0.15, 0.2) is 0 Å². The van der Waals surface area contributed by atoms with E-state index in [0.717, 1.165) is 26.2 Å². The Labute approximate surface area is 128 Å². The van der Waals surface area contributed by atoms with Crippen molar-refractivity contribution < 1.29 is 10.2 Å². The minimum atomic E-state index is -0.408. The molecular weight excluding hydrogens is 355 g/mol. The van der Waals surface area contributed by atoms with Gasteiger partial charge in [-0.2, -0.15) is 0 Å². The van der Waals surface area contributed by atoms with Crippen molar-refractivity contribution in [2.45, 2.75) is 12.5 Å². The van der Waals surface area contributed by atoms with Crippen molar-refractivity contribution >= 4 is 28.3 Å². The molecule has 5 heteroatoms. The first-order valence-electron chi connectivity index (χ1n) is 6.71. The van der Waals surface area contributed by atoms with Gasteiger partial charge in [-0.05, 0) is 53.3 Å². The molecule has 1 aromatic carbocycles. The Morgan fingerprint density at radius 3 is 2.32 bits per heavy atom. The highest BCUT2D eigenvalue weighted by atomic mass is 127. The lowest BCUT2D eigenvalue weighted by molar-refractivity contribution is 0.0851. The second-order valence-electron chi connectivity index (χ2n) is 4.93. The van der Waals surface area contributed by atoms with Gasteiger partial charge in [-0.25, -0.2) is 0 Å². The number of hydrogen-bond donors (Lipinski definition) is 2. The third kappa shape index (κ3) is 4.59. The summed E-state index contributed by atoms with van der Waals surface area (Å²) in [7, 11) is 0. The normalized spacial score (nSPS) is 18.6. The molecule has 0 spiro atoms. The topological polar surface area (TPSA) is 46.9 Å². The Kier molecular flexibility index (Phi) is 5.87. The number of rotatable bonds is 5. The molecule has 0 aliphatic carbocycles. The van der Waals surface area contributed by atoms with E-state index in [4.69, 9.17) is 5.11 Å². The molecule has 0 saturated carbocycles. The minimum Gasteiger partial charge on any atom is -0.396 e. The summed E-state index contributed by atoms with van der Waals surface area (Å²) >= 11 is 2.32. The maximum atomic E-state index is 9.70. The predicted molar refractivity (Wildman–Crippen MR) is 85.5 cm³/mol. The molecular formula is C14H21IN2O2. The van der Waals surface area contributed by atoms with Gasteiger partial charge in [-0.15, -0.1) is 0 Å². The fourth-order valence-corrected chi connectivity index (χ4v) is 2.74. The van der Waals surface area contributed by atoms with E-state index in [-0.39, 0.29) is 6.61 Å². The van der Waals surface area contributed by atoms with Crippen molar-refractivity contribution in [1.82, 2.24) is 4.90 Å². The smallest absolute Gasteiger partial charge is 0.0689 e. The first-order valence-corrected chi connectivity index (χ1v) is 7.78. The third-order valence-electron chi connectivity index (χ3n) is 3.50. The summed E-state index contributed by atoms with van der Waals surface area (Å²) in [4.78, 5) is 4.65. The molecule has 1 unspecified atom stereocenters. The van der Waals surface area contributed by atoms with Crippen LogP contribution in [0.5, 0.6) is 0 Å². The van der Waals surface area contributed by atoms with E-state index in [1.165, 1.54) is 9.26 Å². The Balaban J connectivity index is 1.80. The van der Waals surface area contributed by atoms with Gasteiger partial charge < -0.3 is 15.1 Å². The summed E-state index contributed by atoms with van der Waals surface area (Å²) in [6.45, 7) is 4.65. The van der Waals surface area contributed by atoms with Crippen LogP contribution in [0.15, 0.2) is 24.3 Å². The first-order chi connectivity index (χ1) is 9.19. The molecule has 1 aromatic rings. The van der Waals surface area contributed by atoms with Gasteiger partial charge in [0.25, 0.3) is 0 Å². The van der Waals surface area contributed by atoms with E-state index < -0.39 is 6.10 Å². The fourth-order valence-electron chi connectivity index (χ4n) is 2.38. The largest absolute Gasteiger partial charge is 0.396 e. The van der Waals surface area contributed by atoms with E-state index in [1.54, 1.807) is 0 Å². The Hall–Kier alpha value is -0.370. The van der Waals surface area contributed by atoms with Gasteiger partial charge in [-0.3, -0.25) is 4.90 Å². The highest BCUT2D eigenvalue weighted by Gasteiger charge is 2.19. The monoisotopic (exact) mass is 376 g/mol. The van der Waals surface area contributed by atoms with Gasteiger partial charge in [0.2, 0.25) is 0 Å². The molecule has 2 N–H and O–H groups in total. The standard InChI is InChI=1S/C14H21IN2O2/c15-12-1-3-13(4-2-12)17-8-6-16(7-9-17)11-14(19)5-10-18/h1-4,14,18-19H,5-11H2. The molecule has 1 aliphatic rings. The molecule has 0 aromatic heterocycles. The van der Waals surface area contributed by atoms with Crippen LogP contribution >= 0.6 is 22.6 Å². The van der Waals surface area contributed by atoms with Crippen molar-refractivity contribution in [3.05, 3.63) is 27.8 Å². The van der Waals surface area contributed by atoms with E-state index in [9.17, 15) is 5.11 Å². The van der Waals surface area contributed by atoms with Crippen molar-refractivity contribution in [3.63, 3.8) is 0 Å². The van der Waals surface area contributed by atoms with Crippen LogP contribution in [0.4, 0.5) is 5.69 Å². The van der Waals surface area contributed by atoms with E-state index in [1.807, 2.05) is 0 Å². The molecule has 1 saturated heterocycles. The van der Waals surface area contributed by atoms with E-state index in [2.05, 4.69) is 56.7 Å². The van der Waals surface area contributed by atoms with Crippen LogP contribution in [0.2, 0.25) is 0 Å². The third-order valence-corrected chi connectivity index (χ3v) is 4.21. The van der Waals surface area contributed by atoms with Crippen LogP contribution in [-0.2, 0) is 0 Å². The first kappa shape index (κ1) is 15.0. The van der Waals surface area contributed by atoms with Gasteiger partial charge in [0.1, 0.15) is 0 Å². The number of β-amino-alcohol motifs (C(OH)–C–C–N with tert-alkyl or cyclic N) is 1. The number of piperazine rings is 1. The highest BCUT2D eigenvalue weighted by Crippen LogP contribution is 2.18. The molecule has 0 bridgehead atoms. The second kappa shape index (κ2) is 7.42. The molecule has 106 valence electrons. The number of nitrogens with zero attached hydrogens (tertiary/aromatic N) is 2. The van der Waals surface area contributed by atoms with Crippen molar-refractivity contribution in [1.29, 1.82) is 0 Å². The second-order valence-corrected chi connectivity index (χ2v) is 6.18. The fraction of sp³-hybridized carbons (Fsp3) is 0.571. The molecule has 4 nitrogen and oxygen atoms in total. The number of benzene rings is 1. The lowest BCUT2D eigenvalue weighted by atomic mass is 10.2. The number of halogens is 1. The lowest BCUT2D eigenvalue weighted by Gasteiger charge is -2.36. The summed E-state index contributed by atoms with van der Waals surface area (Å²) in [5.41, 5.74) is 1.27. The average Bonchev–Trinajstić information content (AvgIpc) is 2.41. The summed E-state index contributed by atoms with van der Waals surface area (Å²) in [5.74, 6) is 0. The molecule has 1 atom stereocenters. The predicted octanol–water partition coefficient (Wildman–Crippen LogP) is 1.16. The molecule has 1 heterocycles. The van der Waals surface area contributed by atoms with Crippen LogP contribution in [0.1, 0.15) is 6.42 Å². The maximum absolute atomic E-state index is 9.70. The Morgan fingerprint density at radius 2 is 1.74 bits per heavy atom. The number of aliphatic hydroxyl groups excluding tert-OH is 2. The zero-order chi connectivity index (χ0) is 13.7. The van der Waals surface area contributed by atoms with E-state index in [0.29, 0.717) is 13.0 Å². The summed E-state index contributed by atoms with van der Waals surface area (Å²) in [5, 5.41) is 18.5. The highest BCUT2D eigenvalue weighted by molar-refractivity contribution is 14.1. The minimum absolute atomic E-state index is 0.0593. The molecule has 0 radical (unpaired) electrons. The Bertz CT molecular complexity index is 378. The number of aliphatic hydroxyl groups is 2. The van der Waals surface area contributed by atoms with Crippen LogP contribution in [0, 0.1) is 3.57 Å². The zero-order valence-electron chi connectivity index (χ0n) is 11.0. The van der Waals surface area contributed by atoms with Gasteiger partial charge in [-0.1, -0.05) is 0 Å². The van der Waals surface area contributed by atoms with Crippen molar-refractivity contribution in [2.24, 2.45) is 0 Å². The van der Waals surface area contributed by atoms with Crippen LogP contribution in [0.3, 0.4) is 0 Å². The van der Waals surface area contributed by atoms with Crippen molar-refractivity contribution in [2.75, 3.05) is 44.2 Å². The molecule has 2 rings (SSSR count). The zero-order valence-corrected chi connectivity index (χ0v) is 13.2. The molecule has 1 fully saturated rings. The Morgan fingerprint density at radius 1 is 1.11 bits per heavy atom. The maximum Gasteiger partial charge on any atom is 0.0689 e. The number of hydrogen-bond acceptors (Lipinski definition) is 4. The number of anilines is 1.